The quantitative estimate of drug-likeness (QED) is 0.829. The summed E-state index contributed by atoms with van der Waals surface area (Å²) in [5, 5.41) is 2.65. The monoisotopic (exact) mass is 221 g/mol. The molecule has 0 aliphatic rings. The normalized spacial score (nSPS) is 10.0. The molecule has 0 amide bonds. The SMILES string of the molecule is Cc1ccc2ccccc2c1CCN.Cl. The highest BCUT2D eigenvalue weighted by Crippen LogP contribution is 2.22. The fraction of sp³-hybridized carbons (Fsp3) is 0.231. The molecule has 2 aromatic carbocycles. The second-order valence-corrected chi connectivity index (χ2v) is 3.62. The molecule has 0 aliphatic carbocycles. The highest BCUT2D eigenvalue weighted by molar-refractivity contribution is 5.86. The molecule has 2 aromatic rings. The van der Waals surface area contributed by atoms with Gasteiger partial charge in [-0.2, -0.15) is 0 Å². The Kier molecular flexibility index (Phi) is 4.13. The molecule has 0 saturated heterocycles. The van der Waals surface area contributed by atoms with Crippen molar-refractivity contribution in [1.82, 2.24) is 0 Å². The van der Waals surface area contributed by atoms with Crippen LogP contribution in [0.1, 0.15) is 11.1 Å². The number of halogens is 1. The number of fused-ring (bicyclic) bond motifs is 1. The summed E-state index contributed by atoms with van der Waals surface area (Å²) in [4.78, 5) is 0. The van der Waals surface area contributed by atoms with Gasteiger partial charge in [0.1, 0.15) is 0 Å². The fourth-order valence-corrected chi connectivity index (χ4v) is 1.92. The second-order valence-electron chi connectivity index (χ2n) is 3.62. The molecule has 2 rings (SSSR count). The third-order valence-electron chi connectivity index (χ3n) is 2.67. The largest absolute Gasteiger partial charge is 0.330 e. The van der Waals surface area contributed by atoms with E-state index in [-0.39, 0.29) is 12.4 Å². The van der Waals surface area contributed by atoms with Gasteiger partial charge >= 0.3 is 0 Å². The Balaban J connectivity index is 0.00000112. The first-order chi connectivity index (χ1) is 6.83. The van der Waals surface area contributed by atoms with Gasteiger partial charge in [-0.05, 0) is 41.8 Å². The van der Waals surface area contributed by atoms with Gasteiger partial charge in [0, 0.05) is 0 Å². The number of hydrogen-bond donors (Lipinski definition) is 1. The molecular weight excluding hydrogens is 206 g/mol. The lowest BCUT2D eigenvalue weighted by Crippen LogP contribution is -2.04. The van der Waals surface area contributed by atoms with E-state index in [1.807, 2.05) is 0 Å². The average Bonchev–Trinajstić information content (AvgIpc) is 2.23. The van der Waals surface area contributed by atoms with E-state index in [4.69, 9.17) is 5.73 Å². The predicted octanol–water partition coefficient (Wildman–Crippen LogP) is 3.07. The molecule has 0 aromatic heterocycles. The van der Waals surface area contributed by atoms with Crippen molar-refractivity contribution in [3.63, 3.8) is 0 Å². The van der Waals surface area contributed by atoms with Crippen molar-refractivity contribution in [3.8, 4) is 0 Å². The molecule has 15 heavy (non-hydrogen) atoms. The van der Waals surface area contributed by atoms with E-state index < -0.39 is 0 Å². The maximum atomic E-state index is 5.62. The molecule has 0 heterocycles. The summed E-state index contributed by atoms with van der Waals surface area (Å²) in [6.45, 7) is 2.87. The molecule has 0 bridgehead atoms. The summed E-state index contributed by atoms with van der Waals surface area (Å²) >= 11 is 0. The Hall–Kier alpha value is -1.05. The van der Waals surface area contributed by atoms with Gasteiger partial charge in [0.15, 0.2) is 0 Å². The van der Waals surface area contributed by atoms with Crippen molar-refractivity contribution in [1.29, 1.82) is 0 Å². The first-order valence-corrected chi connectivity index (χ1v) is 5.00. The minimum atomic E-state index is 0. The van der Waals surface area contributed by atoms with E-state index in [9.17, 15) is 0 Å². The van der Waals surface area contributed by atoms with Crippen LogP contribution < -0.4 is 5.73 Å². The summed E-state index contributed by atoms with van der Waals surface area (Å²) in [5.74, 6) is 0. The third-order valence-corrected chi connectivity index (χ3v) is 2.67. The zero-order valence-corrected chi connectivity index (χ0v) is 9.68. The smallest absolute Gasteiger partial charge is 0.00364 e. The minimum absolute atomic E-state index is 0. The predicted molar refractivity (Wildman–Crippen MR) is 68.7 cm³/mol. The zero-order valence-electron chi connectivity index (χ0n) is 8.86. The van der Waals surface area contributed by atoms with Crippen LogP contribution in [0.2, 0.25) is 0 Å². The van der Waals surface area contributed by atoms with Gasteiger partial charge in [0.05, 0.1) is 0 Å². The lowest BCUT2D eigenvalue weighted by molar-refractivity contribution is 0.967. The van der Waals surface area contributed by atoms with Crippen LogP contribution in [0.25, 0.3) is 10.8 Å². The number of hydrogen-bond acceptors (Lipinski definition) is 1. The Labute approximate surface area is 96.7 Å². The van der Waals surface area contributed by atoms with Crippen LogP contribution in [0.15, 0.2) is 36.4 Å². The number of nitrogens with two attached hydrogens (primary N) is 1. The molecule has 0 unspecified atom stereocenters. The molecule has 80 valence electrons. The summed E-state index contributed by atoms with van der Waals surface area (Å²) < 4.78 is 0. The lowest BCUT2D eigenvalue weighted by Gasteiger charge is -2.08. The van der Waals surface area contributed by atoms with Crippen LogP contribution in [0.5, 0.6) is 0 Å². The van der Waals surface area contributed by atoms with Crippen LogP contribution in [-0.4, -0.2) is 6.54 Å². The molecule has 0 spiro atoms. The van der Waals surface area contributed by atoms with Gasteiger partial charge in [0.25, 0.3) is 0 Å². The standard InChI is InChI=1S/C13H15N.ClH/c1-10-6-7-11-4-2-3-5-13(11)12(10)8-9-14;/h2-7H,8-9,14H2,1H3;1H. The Morgan fingerprint density at radius 2 is 1.80 bits per heavy atom. The van der Waals surface area contributed by atoms with Gasteiger partial charge < -0.3 is 5.73 Å². The zero-order chi connectivity index (χ0) is 9.97. The lowest BCUT2D eigenvalue weighted by atomic mass is 9.97. The van der Waals surface area contributed by atoms with Crippen LogP contribution in [-0.2, 0) is 6.42 Å². The molecule has 2 heteroatoms. The van der Waals surface area contributed by atoms with Gasteiger partial charge in [-0.3, -0.25) is 0 Å². The summed E-state index contributed by atoms with van der Waals surface area (Å²) in [7, 11) is 0. The Bertz CT molecular complexity index is 451. The Morgan fingerprint density at radius 1 is 1.07 bits per heavy atom. The summed E-state index contributed by atoms with van der Waals surface area (Å²) in [6.07, 6.45) is 0.965. The van der Waals surface area contributed by atoms with Crippen molar-refractivity contribution >= 4 is 23.2 Å². The Morgan fingerprint density at radius 3 is 2.53 bits per heavy atom. The molecule has 0 aliphatic heterocycles. The van der Waals surface area contributed by atoms with Crippen molar-refractivity contribution in [2.45, 2.75) is 13.3 Å². The third kappa shape index (κ3) is 2.31. The average molecular weight is 222 g/mol. The molecule has 0 radical (unpaired) electrons. The van der Waals surface area contributed by atoms with E-state index in [1.165, 1.54) is 21.9 Å². The first kappa shape index (κ1) is 12.0. The molecular formula is C13H16ClN. The number of aryl methyl sites for hydroxylation is 1. The topological polar surface area (TPSA) is 26.0 Å². The highest BCUT2D eigenvalue weighted by Gasteiger charge is 2.02. The molecule has 2 N–H and O–H groups in total. The molecule has 0 fully saturated rings. The maximum Gasteiger partial charge on any atom is -0.00364 e. The minimum Gasteiger partial charge on any atom is -0.330 e. The summed E-state index contributed by atoms with van der Waals surface area (Å²) in [5.41, 5.74) is 8.36. The van der Waals surface area contributed by atoms with Crippen molar-refractivity contribution in [3.05, 3.63) is 47.5 Å². The van der Waals surface area contributed by atoms with Crippen molar-refractivity contribution < 1.29 is 0 Å². The van der Waals surface area contributed by atoms with E-state index >= 15 is 0 Å². The van der Waals surface area contributed by atoms with E-state index in [1.54, 1.807) is 0 Å². The molecule has 0 atom stereocenters. The summed E-state index contributed by atoms with van der Waals surface area (Å²) in [6, 6.07) is 12.8. The van der Waals surface area contributed by atoms with E-state index in [0.717, 1.165) is 13.0 Å². The highest BCUT2D eigenvalue weighted by atomic mass is 35.5. The number of rotatable bonds is 2. The second kappa shape index (κ2) is 5.15. The van der Waals surface area contributed by atoms with E-state index in [0.29, 0.717) is 0 Å². The van der Waals surface area contributed by atoms with Gasteiger partial charge in [-0.25, -0.2) is 0 Å². The van der Waals surface area contributed by atoms with E-state index in [2.05, 4.69) is 43.3 Å². The van der Waals surface area contributed by atoms with Crippen LogP contribution in [0.3, 0.4) is 0 Å². The first-order valence-electron chi connectivity index (χ1n) is 5.00. The van der Waals surface area contributed by atoms with Gasteiger partial charge in [-0.15, -0.1) is 12.4 Å². The number of benzene rings is 2. The van der Waals surface area contributed by atoms with Gasteiger partial charge in [-0.1, -0.05) is 36.4 Å². The van der Waals surface area contributed by atoms with Crippen molar-refractivity contribution in [2.24, 2.45) is 5.73 Å². The molecule has 0 saturated carbocycles. The van der Waals surface area contributed by atoms with Gasteiger partial charge in [0.2, 0.25) is 0 Å². The van der Waals surface area contributed by atoms with Crippen LogP contribution in [0, 0.1) is 6.92 Å². The molecule has 1 nitrogen and oxygen atoms in total. The van der Waals surface area contributed by atoms with Crippen molar-refractivity contribution in [2.75, 3.05) is 6.54 Å². The van der Waals surface area contributed by atoms with Crippen LogP contribution >= 0.6 is 12.4 Å². The maximum absolute atomic E-state index is 5.62. The fourth-order valence-electron chi connectivity index (χ4n) is 1.92. The van der Waals surface area contributed by atoms with Crippen LogP contribution in [0.4, 0.5) is 0 Å².